The Kier molecular flexibility index (Phi) is 2.69. The molecule has 0 saturated heterocycles. The standard InChI is InChI=1S/C8H6Cl3/c1-6-4-2-3-5-7(6)8(9,10)11/h3-5H,1H3. The average Bonchev–Trinajstić information content (AvgIpc) is 1.86. The molecule has 0 aliphatic carbocycles. The van der Waals surface area contributed by atoms with Gasteiger partial charge in [0.15, 0.2) is 0 Å². The normalized spacial score (nSPS) is 11.6. The summed E-state index contributed by atoms with van der Waals surface area (Å²) >= 11 is 17.0. The van der Waals surface area contributed by atoms with Crippen LogP contribution >= 0.6 is 34.8 Å². The van der Waals surface area contributed by atoms with Gasteiger partial charge in [0.05, 0.1) is 0 Å². The maximum Gasteiger partial charge on any atom is 0.216 e. The molecular formula is C8H6Cl3. The SMILES string of the molecule is Cc1c[c]ccc1C(Cl)(Cl)Cl. The minimum atomic E-state index is -1.32. The summed E-state index contributed by atoms with van der Waals surface area (Å²) in [5, 5.41) is 0. The highest BCUT2D eigenvalue weighted by Gasteiger charge is 2.23. The molecular weight excluding hydrogens is 202 g/mol. The van der Waals surface area contributed by atoms with E-state index >= 15 is 0 Å². The van der Waals surface area contributed by atoms with Crippen LogP contribution in [-0.4, -0.2) is 0 Å². The van der Waals surface area contributed by atoms with Gasteiger partial charge in [-0.15, -0.1) is 0 Å². The molecule has 0 nitrogen and oxygen atoms in total. The second-order valence-electron chi connectivity index (χ2n) is 2.24. The maximum absolute atomic E-state index is 5.68. The van der Waals surface area contributed by atoms with Gasteiger partial charge >= 0.3 is 0 Å². The number of hydrogen-bond acceptors (Lipinski definition) is 0. The Balaban J connectivity index is 3.14. The first-order valence-corrected chi connectivity index (χ1v) is 4.19. The van der Waals surface area contributed by atoms with E-state index in [2.05, 4.69) is 6.07 Å². The van der Waals surface area contributed by atoms with Crippen LogP contribution in [0.25, 0.3) is 0 Å². The van der Waals surface area contributed by atoms with Crippen LogP contribution in [0.4, 0.5) is 0 Å². The summed E-state index contributed by atoms with van der Waals surface area (Å²) < 4.78 is -1.32. The predicted molar refractivity (Wildman–Crippen MR) is 49.3 cm³/mol. The van der Waals surface area contributed by atoms with Crippen LogP contribution in [0, 0.1) is 13.0 Å². The van der Waals surface area contributed by atoms with Gasteiger partial charge in [0.2, 0.25) is 3.79 Å². The van der Waals surface area contributed by atoms with Gasteiger partial charge in [-0.1, -0.05) is 53.0 Å². The lowest BCUT2D eigenvalue weighted by Gasteiger charge is -2.13. The van der Waals surface area contributed by atoms with E-state index in [0.29, 0.717) is 5.56 Å². The molecule has 1 aromatic rings. The first-order chi connectivity index (χ1) is 5.02. The average molecular weight is 208 g/mol. The summed E-state index contributed by atoms with van der Waals surface area (Å²) in [5.41, 5.74) is 1.65. The summed E-state index contributed by atoms with van der Waals surface area (Å²) in [6.07, 6.45) is 0. The first-order valence-electron chi connectivity index (χ1n) is 3.05. The molecule has 3 heteroatoms. The zero-order valence-corrected chi connectivity index (χ0v) is 8.13. The number of alkyl halides is 3. The zero-order valence-electron chi connectivity index (χ0n) is 5.87. The van der Waals surface area contributed by atoms with Crippen molar-refractivity contribution in [2.24, 2.45) is 0 Å². The van der Waals surface area contributed by atoms with Crippen molar-refractivity contribution in [2.45, 2.75) is 10.7 Å². The Morgan fingerprint density at radius 3 is 2.36 bits per heavy atom. The maximum atomic E-state index is 5.68. The molecule has 0 fully saturated rings. The number of halogens is 3. The van der Waals surface area contributed by atoms with Crippen molar-refractivity contribution in [2.75, 3.05) is 0 Å². The Hall–Kier alpha value is 0.0900. The van der Waals surface area contributed by atoms with E-state index in [9.17, 15) is 0 Å². The highest BCUT2D eigenvalue weighted by molar-refractivity contribution is 6.66. The van der Waals surface area contributed by atoms with Crippen molar-refractivity contribution < 1.29 is 0 Å². The van der Waals surface area contributed by atoms with Crippen LogP contribution in [0.1, 0.15) is 11.1 Å². The molecule has 0 unspecified atom stereocenters. The Morgan fingerprint density at radius 2 is 2.00 bits per heavy atom. The van der Waals surface area contributed by atoms with E-state index in [1.54, 1.807) is 18.2 Å². The van der Waals surface area contributed by atoms with E-state index in [4.69, 9.17) is 34.8 Å². The minimum Gasteiger partial charge on any atom is -0.0784 e. The largest absolute Gasteiger partial charge is 0.216 e. The summed E-state index contributed by atoms with van der Waals surface area (Å²) in [5.74, 6) is 0. The minimum absolute atomic E-state index is 0.709. The molecule has 1 radical (unpaired) electrons. The van der Waals surface area contributed by atoms with Gasteiger partial charge in [-0.05, 0) is 18.6 Å². The Bertz CT molecular complexity index is 250. The first kappa shape index (κ1) is 9.18. The molecule has 0 saturated carbocycles. The van der Waals surface area contributed by atoms with Crippen molar-refractivity contribution in [3.8, 4) is 0 Å². The van der Waals surface area contributed by atoms with Crippen molar-refractivity contribution >= 4 is 34.8 Å². The van der Waals surface area contributed by atoms with Crippen molar-refractivity contribution in [1.29, 1.82) is 0 Å². The van der Waals surface area contributed by atoms with Crippen LogP contribution in [-0.2, 0) is 3.79 Å². The van der Waals surface area contributed by atoms with Crippen LogP contribution in [0.3, 0.4) is 0 Å². The van der Waals surface area contributed by atoms with E-state index in [0.717, 1.165) is 5.56 Å². The van der Waals surface area contributed by atoms with Gasteiger partial charge in [0.25, 0.3) is 0 Å². The van der Waals surface area contributed by atoms with Gasteiger partial charge in [-0.25, -0.2) is 0 Å². The number of rotatable bonds is 0. The van der Waals surface area contributed by atoms with Crippen LogP contribution in [0.5, 0.6) is 0 Å². The van der Waals surface area contributed by atoms with E-state index in [-0.39, 0.29) is 0 Å². The van der Waals surface area contributed by atoms with Crippen LogP contribution in [0.15, 0.2) is 18.2 Å². The van der Waals surface area contributed by atoms with Crippen molar-refractivity contribution in [1.82, 2.24) is 0 Å². The molecule has 11 heavy (non-hydrogen) atoms. The smallest absolute Gasteiger partial charge is 0.0784 e. The fourth-order valence-electron chi connectivity index (χ4n) is 0.832. The van der Waals surface area contributed by atoms with Gasteiger partial charge in [0, 0.05) is 5.56 Å². The van der Waals surface area contributed by atoms with E-state index < -0.39 is 3.79 Å². The number of benzene rings is 1. The number of hydrogen-bond donors (Lipinski definition) is 0. The monoisotopic (exact) mass is 207 g/mol. The quantitative estimate of drug-likeness (QED) is 0.571. The second-order valence-corrected chi connectivity index (χ2v) is 4.52. The molecule has 0 aliphatic heterocycles. The highest BCUT2D eigenvalue weighted by Crippen LogP contribution is 2.39. The molecule has 0 spiro atoms. The zero-order chi connectivity index (χ0) is 8.48. The second kappa shape index (κ2) is 3.22. The topological polar surface area (TPSA) is 0 Å². The Morgan fingerprint density at radius 1 is 1.36 bits per heavy atom. The molecule has 1 rings (SSSR count). The molecule has 0 aliphatic rings. The lowest BCUT2D eigenvalue weighted by atomic mass is 10.1. The third kappa shape index (κ3) is 2.26. The van der Waals surface area contributed by atoms with Crippen LogP contribution in [0.2, 0.25) is 0 Å². The fourth-order valence-corrected chi connectivity index (χ4v) is 1.47. The van der Waals surface area contributed by atoms with Gasteiger partial charge in [-0.2, -0.15) is 0 Å². The molecule has 0 atom stereocenters. The summed E-state index contributed by atoms with van der Waals surface area (Å²) in [4.78, 5) is 0. The molecule has 0 N–H and O–H groups in total. The van der Waals surface area contributed by atoms with Gasteiger partial charge in [-0.3, -0.25) is 0 Å². The third-order valence-corrected chi connectivity index (χ3v) is 1.99. The fraction of sp³-hybridized carbons (Fsp3) is 0.250. The highest BCUT2D eigenvalue weighted by atomic mass is 35.6. The lowest BCUT2D eigenvalue weighted by Crippen LogP contribution is -2.01. The lowest BCUT2D eigenvalue weighted by molar-refractivity contribution is 1.19. The molecule has 0 aromatic heterocycles. The molecule has 1 aromatic carbocycles. The van der Waals surface area contributed by atoms with Crippen molar-refractivity contribution in [3.63, 3.8) is 0 Å². The predicted octanol–water partition coefficient (Wildman–Crippen LogP) is 3.62. The van der Waals surface area contributed by atoms with E-state index in [1.165, 1.54) is 0 Å². The molecule has 0 amide bonds. The summed E-state index contributed by atoms with van der Waals surface area (Å²) in [6, 6.07) is 8.16. The van der Waals surface area contributed by atoms with Crippen LogP contribution < -0.4 is 0 Å². The third-order valence-electron chi connectivity index (χ3n) is 1.38. The summed E-state index contributed by atoms with van der Waals surface area (Å²) in [7, 11) is 0. The molecule has 0 bridgehead atoms. The summed E-state index contributed by atoms with van der Waals surface area (Å²) in [6.45, 7) is 1.88. The molecule has 0 heterocycles. The van der Waals surface area contributed by atoms with Crippen molar-refractivity contribution in [3.05, 3.63) is 35.4 Å². The van der Waals surface area contributed by atoms with Gasteiger partial charge < -0.3 is 0 Å². The Labute approximate surface area is 81.1 Å². The molecule has 59 valence electrons. The number of aryl methyl sites for hydroxylation is 1. The van der Waals surface area contributed by atoms with Gasteiger partial charge in [0.1, 0.15) is 0 Å². The van der Waals surface area contributed by atoms with E-state index in [1.807, 2.05) is 6.92 Å².